The molecule has 0 aromatic heterocycles. The van der Waals surface area contributed by atoms with Gasteiger partial charge in [-0.3, -0.25) is 9.59 Å². The number of cyclic esters (lactones) is 1. The number of rotatable bonds is 0. The minimum atomic E-state index is -1.54. The van der Waals surface area contributed by atoms with Crippen LogP contribution >= 0.6 is 0 Å². The standard InChI is InChI=1S/C11H14O5/c1-5-3-4-7(12)9(14)11(5)8(13)6(2)16-10(11)15/h3-6,8-9,13-14H,1-2H3. The van der Waals surface area contributed by atoms with Gasteiger partial charge >= 0.3 is 5.97 Å². The lowest BCUT2D eigenvalue weighted by molar-refractivity contribution is -0.163. The van der Waals surface area contributed by atoms with Crippen LogP contribution in [0.5, 0.6) is 0 Å². The molecule has 2 N–H and O–H groups in total. The number of aliphatic hydroxyl groups is 2. The number of carbonyl (C=O) groups excluding carboxylic acids is 2. The van der Waals surface area contributed by atoms with E-state index in [1.807, 2.05) is 0 Å². The molecule has 0 saturated carbocycles. The highest BCUT2D eigenvalue weighted by Gasteiger charge is 2.64. The fraction of sp³-hybridized carbons (Fsp3) is 0.636. The topological polar surface area (TPSA) is 83.8 Å². The maximum Gasteiger partial charge on any atom is 0.318 e. The Hall–Kier alpha value is -1.20. The van der Waals surface area contributed by atoms with E-state index in [0.29, 0.717) is 0 Å². The molecule has 5 heteroatoms. The molecular formula is C11H14O5. The molecule has 88 valence electrons. The molecule has 1 aliphatic carbocycles. The van der Waals surface area contributed by atoms with Crippen molar-refractivity contribution in [1.29, 1.82) is 0 Å². The van der Waals surface area contributed by atoms with Crippen LogP contribution in [0.25, 0.3) is 0 Å². The van der Waals surface area contributed by atoms with E-state index >= 15 is 0 Å². The quantitative estimate of drug-likeness (QED) is 0.540. The maximum absolute atomic E-state index is 11.8. The van der Waals surface area contributed by atoms with Crippen molar-refractivity contribution >= 4 is 11.8 Å². The van der Waals surface area contributed by atoms with Crippen molar-refractivity contribution in [3.05, 3.63) is 12.2 Å². The first-order chi connectivity index (χ1) is 7.42. The average Bonchev–Trinajstić information content (AvgIpc) is 2.45. The Morgan fingerprint density at radius 1 is 1.31 bits per heavy atom. The van der Waals surface area contributed by atoms with E-state index in [1.54, 1.807) is 13.8 Å². The van der Waals surface area contributed by atoms with E-state index in [1.165, 1.54) is 12.2 Å². The Bertz CT molecular complexity index is 375. The lowest BCUT2D eigenvalue weighted by Crippen LogP contribution is -2.56. The zero-order valence-corrected chi connectivity index (χ0v) is 9.08. The van der Waals surface area contributed by atoms with Crippen LogP contribution in [0.4, 0.5) is 0 Å². The number of allylic oxidation sites excluding steroid dienone is 1. The molecule has 1 saturated heterocycles. The summed E-state index contributed by atoms with van der Waals surface area (Å²) in [5, 5.41) is 19.9. The largest absolute Gasteiger partial charge is 0.459 e. The molecule has 2 aliphatic rings. The highest BCUT2D eigenvalue weighted by Crippen LogP contribution is 2.46. The molecule has 0 radical (unpaired) electrons. The zero-order valence-electron chi connectivity index (χ0n) is 9.08. The average molecular weight is 226 g/mol. The van der Waals surface area contributed by atoms with Gasteiger partial charge in [0.1, 0.15) is 23.7 Å². The van der Waals surface area contributed by atoms with Gasteiger partial charge in [-0.05, 0) is 18.9 Å². The molecule has 1 fully saturated rings. The van der Waals surface area contributed by atoms with Crippen molar-refractivity contribution in [1.82, 2.24) is 0 Å². The van der Waals surface area contributed by atoms with Crippen molar-refractivity contribution in [2.75, 3.05) is 0 Å². The Balaban J connectivity index is 2.54. The Morgan fingerprint density at radius 2 is 1.94 bits per heavy atom. The second-order valence-corrected chi connectivity index (χ2v) is 4.44. The van der Waals surface area contributed by atoms with E-state index in [4.69, 9.17) is 4.74 Å². The van der Waals surface area contributed by atoms with Gasteiger partial charge in [0.05, 0.1) is 0 Å². The molecule has 0 aromatic carbocycles. The molecule has 0 amide bonds. The Kier molecular flexibility index (Phi) is 2.40. The van der Waals surface area contributed by atoms with Crippen LogP contribution in [0.3, 0.4) is 0 Å². The third-order valence-corrected chi connectivity index (χ3v) is 3.61. The van der Waals surface area contributed by atoms with Crippen molar-refractivity contribution in [2.24, 2.45) is 11.3 Å². The van der Waals surface area contributed by atoms with Crippen LogP contribution in [-0.4, -0.2) is 40.3 Å². The molecule has 5 atom stereocenters. The second kappa shape index (κ2) is 3.40. The monoisotopic (exact) mass is 226 g/mol. The van der Waals surface area contributed by atoms with Crippen LogP contribution in [0, 0.1) is 11.3 Å². The molecule has 5 unspecified atom stereocenters. The summed E-state index contributed by atoms with van der Waals surface area (Å²) in [5.74, 6) is -1.71. The van der Waals surface area contributed by atoms with E-state index in [0.717, 1.165) is 0 Å². The van der Waals surface area contributed by atoms with Gasteiger partial charge in [0, 0.05) is 0 Å². The van der Waals surface area contributed by atoms with Gasteiger partial charge in [-0.25, -0.2) is 0 Å². The van der Waals surface area contributed by atoms with Crippen molar-refractivity contribution in [3.8, 4) is 0 Å². The lowest BCUT2D eigenvalue weighted by Gasteiger charge is -2.38. The molecule has 1 heterocycles. The summed E-state index contributed by atoms with van der Waals surface area (Å²) in [5.41, 5.74) is -1.54. The number of aliphatic hydroxyl groups excluding tert-OH is 2. The van der Waals surface area contributed by atoms with Crippen molar-refractivity contribution in [2.45, 2.75) is 32.2 Å². The molecule has 5 nitrogen and oxygen atoms in total. The number of hydrogen-bond donors (Lipinski definition) is 2. The zero-order chi connectivity index (χ0) is 12.1. The van der Waals surface area contributed by atoms with Crippen LogP contribution in [0.1, 0.15) is 13.8 Å². The molecular weight excluding hydrogens is 212 g/mol. The van der Waals surface area contributed by atoms with Crippen molar-refractivity contribution in [3.63, 3.8) is 0 Å². The third kappa shape index (κ3) is 1.13. The van der Waals surface area contributed by atoms with Crippen LogP contribution < -0.4 is 0 Å². The highest BCUT2D eigenvalue weighted by molar-refractivity contribution is 6.00. The first kappa shape index (κ1) is 11.3. The van der Waals surface area contributed by atoms with Gasteiger partial charge in [0.25, 0.3) is 0 Å². The second-order valence-electron chi connectivity index (χ2n) is 4.44. The molecule has 16 heavy (non-hydrogen) atoms. The van der Waals surface area contributed by atoms with E-state index in [2.05, 4.69) is 0 Å². The first-order valence-corrected chi connectivity index (χ1v) is 5.21. The number of esters is 1. The van der Waals surface area contributed by atoms with Gasteiger partial charge in [-0.2, -0.15) is 0 Å². The van der Waals surface area contributed by atoms with E-state index in [9.17, 15) is 19.8 Å². The highest BCUT2D eigenvalue weighted by atomic mass is 16.6. The van der Waals surface area contributed by atoms with E-state index in [-0.39, 0.29) is 0 Å². The number of ether oxygens (including phenoxy) is 1. The van der Waals surface area contributed by atoms with Gasteiger partial charge in [-0.1, -0.05) is 13.0 Å². The van der Waals surface area contributed by atoms with E-state index < -0.39 is 41.4 Å². The summed E-state index contributed by atoms with van der Waals surface area (Å²) in [6.45, 7) is 3.22. The summed E-state index contributed by atoms with van der Waals surface area (Å²) >= 11 is 0. The fourth-order valence-corrected chi connectivity index (χ4v) is 2.55. The normalized spacial score (nSPS) is 47.5. The number of hydrogen-bond acceptors (Lipinski definition) is 5. The SMILES string of the molecule is CC1OC(=O)C2(C(C)C=CC(=O)C2O)C1O. The van der Waals surface area contributed by atoms with Gasteiger partial charge < -0.3 is 14.9 Å². The van der Waals surface area contributed by atoms with Gasteiger partial charge in [0.2, 0.25) is 0 Å². The predicted molar refractivity (Wildman–Crippen MR) is 53.3 cm³/mol. The smallest absolute Gasteiger partial charge is 0.318 e. The summed E-state index contributed by atoms with van der Waals surface area (Å²) in [6.07, 6.45) is -0.635. The fourth-order valence-electron chi connectivity index (χ4n) is 2.55. The third-order valence-electron chi connectivity index (χ3n) is 3.61. The number of carbonyl (C=O) groups is 2. The summed E-state index contributed by atoms with van der Waals surface area (Å²) in [6, 6.07) is 0. The van der Waals surface area contributed by atoms with Gasteiger partial charge in [0.15, 0.2) is 5.78 Å². The van der Waals surface area contributed by atoms with Crippen molar-refractivity contribution < 1.29 is 24.5 Å². The van der Waals surface area contributed by atoms with Crippen LogP contribution in [0.15, 0.2) is 12.2 Å². The summed E-state index contributed by atoms with van der Waals surface area (Å²) < 4.78 is 4.92. The predicted octanol–water partition coefficient (Wildman–Crippen LogP) is -0.585. The Labute approximate surface area is 92.7 Å². The number of ketones is 1. The lowest BCUT2D eigenvalue weighted by atomic mass is 9.64. The maximum atomic E-state index is 11.8. The van der Waals surface area contributed by atoms with Crippen LogP contribution in [0.2, 0.25) is 0 Å². The molecule has 0 bridgehead atoms. The molecule has 2 rings (SSSR count). The minimum Gasteiger partial charge on any atom is -0.459 e. The Morgan fingerprint density at radius 3 is 2.44 bits per heavy atom. The minimum absolute atomic E-state index is 0.437. The molecule has 1 aliphatic heterocycles. The molecule has 0 aromatic rings. The summed E-state index contributed by atoms with van der Waals surface area (Å²) in [7, 11) is 0. The summed E-state index contributed by atoms with van der Waals surface area (Å²) in [4.78, 5) is 23.3. The first-order valence-electron chi connectivity index (χ1n) is 5.21. The van der Waals surface area contributed by atoms with Gasteiger partial charge in [-0.15, -0.1) is 0 Å². The van der Waals surface area contributed by atoms with Crippen LogP contribution in [-0.2, 0) is 14.3 Å². The molecule has 1 spiro atoms.